The highest BCUT2D eigenvalue weighted by atomic mass is 35.5. The Morgan fingerprint density at radius 3 is 2.44 bits per heavy atom. The second-order valence-corrected chi connectivity index (χ2v) is 4.84. The Labute approximate surface area is 121 Å². The number of ether oxygens (including phenoxy) is 1. The van der Waals surface area contributed by atoms with Crippen molar-refractivity contribution in [3.05, 3.63) is 44.9 Å². The highest BCUT2D eigenvalue weighted by Gasteiger charge is 2.17. The molecule has 98 valence electrons. The number of rotatable bonds is 5. The fourth-order valence-electron chi connectivity index (χ4n) is 1.34. The van der Waals surface area contributed by atoms with Gasteiger partial charge in [-0.1, -0.05) is 47.0 Å². The summed E-state index contributed by atoms with van der Waals surface area (Å²) in [5.74, 6) is -0.526. The highest BCUT2D eigenvalue weighted by molar-refractivity contribution is 6.41. The minimum Gasteiger partial charge on any atom is -0.462 e. The molecule has 0 radical (unpaired) electrons. The Hall–Kier alpha value is -0.700. The van der Waals surface area contributed by atoms with Crippen LogP contribution in [0.15, 0.2) is 24.3 Å². The summed E-state index contributed by atoms with van der Waals surface area (Å²) in [5, 5.41) is 0.784. The second-order valence-electron chi connectivity index (χ2n) is 3.59. The molecule has 0 aliphatic heterocycles. The molecule has 0 aliphatic carbocycles. The molecule has 2 nitrogen and oxygen atoms in total. The molecule has 0 heterocycles. The zero-order valence-corrected chi connectivity index (χ0v) is 12.1. The summed E-state index contributed by atoms with van der Waals surface area (Å²) >= 11 is 17.6. The van der Waals surface area contributed by atoms with Crippen molar-refractivity contribution in [2.24, 2.45) is 0 Å². The van der Waals surface area contributed by atoms with Crippen LogP contribution in [0.25, 0.3) is 0 Å². The molecule has 0 atom stereocenters. The van der Waals surface area contributed by atoms with E-state index < -0.39 is 5.97 Å². The molecule has 0 spiro atoms. The lowest BCUT2D eigenvalue weighted by Crippen LogP contribution is -2.07. The topological polar surface area (TPSA) is 26.3 Å². The number of esters is 1. The largest absolute Gasteiger partial charge is 0.462 e. The van der Waals surface area contributed by atoms with Crippen molar-refractivity contribution in [2.45, 2.75) is 19.8 Å². The van der Waals surface area contributed by atoms with Crippen LogP contribution in [0.3, 0.4) is 0 Å². The lowest BCUT2D eigenvalue weighted by molar-refractivity contribution is 0.0502. The molecule has 0 N–H and O–H groups in total. The molecule has 0 saturated carbocycles. The fraction of sp³-hybridized carbons (Fsp3) is 0.308. The van der Waals surface area contributed by atoms with Crippen molar-refractivity contribution in [2.75, 3.05) is 6.61 Å². The molecule has 1 aromatic carbocycles. The van der Waals surface area contributed by atoms with Crippen LogP contribution in [0.5, 0.6) is 0 Å². The van der Waals surface area contributed by atoms with Gasteiger partial charge in [-0.3, -0.25) is 0 Å². The maximum Gasteiger partial charge on any atom is 0.341 e. The van der Waals surface area contributed by atoms with Crippen LogP contribution in [-0.4, -0.2) is 12.6 Å². The standard InChI is InChI=1S/C13H13Cl3O2/c1-2-3-4-5-6-18-13(17)12-10(15)7-9(14)8-11(12)16/h2-3,7-8H,4-6H2,1H3/b3-2+. The van der Waals surface area contributed by atoms with E-state index >= 15 is 0 Å². The van der Waals surface area contributed by atoms with Gasteiger partial charge in [0, 0.05) is 5.02 Å². The van der Waals surface area contributed by atoms with Gasteiger partial charge >= 0.3 is 5.97 Å². The number of hydrogen-bond acceptors (Lipinski definition) is 2. The molecule has 5 heteroatoms. The number of carbonyl (C=O) groups is 1. The van der Waals surface area contributed by atoms with Crippen molar-refractivity contribution in [1.82, 2.24) is 0 Å². The molecule has 18 heavy (non-hydrogen) atoms. The smallest absolute Gasteiger partial charge is 0.341 e. The lowest BCUT2D eigenvalue weighted by atomic mass is 10.2. The Balaban J connectivity index is 2.62. The van der Waals surface area contributed by atoms with Gasteiger partial charge in [-0.05, 0) is 31.9 Å². The molecule has 0 amide bonds. The summed E-state index contributed by atoms with van der Waals surface area (Å²) in [4.78, 5) is 11.8. The zero-order chi connectivity index (χ0) is 13.5. The van der Waals surface area contributed by atoms with Gasteiger partial charge < -0.3 is 4.74 Å². The SMILES string of the molecule is C/C=C/CCCOC(=O)c1c(Cl)cc(Cl)cc1Cl. The average Bonchev–Trinajstić information content (AvgIpc) is 2.27. The van der Waals surface area contributed by atoms with Gasteiger partial charge in [0.15, 0.2) is 0 Å². The third-order valence-corrected chi connectivity index (χ3v) is 3.01. The first-order chi connectivity index (χ1) is 8.56. The van der Waals surface area contributed by atoms with E-state index in [2.05, 4.69) is 0 Å². The molecule has 0 aromatic heterocycles. The van der Waals surface area contributed by atoms with Gasteiger partial charge in [-0.2, -0.15) is 0 Å². The van der Waals surface area contributed by atoms with E-state index in [-0.39, 0.29) is 15.6 Å². The summed E-state index contributed by atoms with van der Waals surface area (Å²) in [5.41, 5.74) is 0.161. The van der Waals surface area contributed by atoms with Gasteiger partial charge in [0.2, 0.25) is 0 Å². The summed E-state index contributed by atoms with van der Waals surface area (Å²) < 4.78 is 5.09. The first-order valence-electron chi connectivity index (χ1n) is 5.49. The third-order valence-electron chi connectivity index (χ3n) is 2.19. The number of unbranched alkanes of at least 4 members (excludes halogenated alkanes) is 1. The molecular weight excluding hydrogens is 294 g/mol. The van der Waals surface area contributed by atoms with E-state index in [1.54, 1.807) is 0 Å². The number of carbonyl (C=O) groups excluding carboxylic acids is 1. The summed E-state index contributed by atoms with van der Waals surface area (Å²) in [7, 11) is 0. The number of allylic oxidation sites excluding steroid dienone is 2. The Kier molecular flexibility index (Phi) is 6.55. The molecule has 0 unspecified atom stereocenters. The van der Waals surface area contributed by atoms with E-state index in [0.29, 0.717) is 11.6 Å². The number of benzene rings is 1. The van der Waals surface area contributed by atoms with Gasteiger partial charge in [0.1, 0.15) is 0 Å². The normalized spacial score (nSPS) is 10.9. The van der Waals surface area contributed by atoms with Crippen LogP contribution in [0.4, 0.5) is 0 Å². The first-order valence-corrected chi connectivity index (χ1v) is 6.62. The third kappa shape index (κ3) is 4.52. The van der Waals surface area contributed by atoms with Crippen molar-refractivity contribution in [1.29, 1.82) is 0 Å². The second kappa shape index (κ2) is 7.67. The summed E-state index contributed by atoms with van der Waals surface area (Å²) in [6, 6.07) is 2.93. The number of halogens is 3. The van der Waals surface area contributed by atoms with Gasteiger partial charge in [-0.25, -0.2) is 4.79 Å². The van der Waals surface area contributed by atoms with E-state index in [1.807, 2.05) is 19.1 Å². The molecule has 0 aliphatic rings. The van der Waals surface area contributed by atoms with Crippen LogP contribution in [0, 0.1) is 0 Å². The predicted octanol–water partition coefficient (Wildman–Crippen LogP) is 5.16. The average molecular weight is 308 g/mol. The van der Waals surface area contributed by atoms with Gasteiger partial charge in [0.05, 0.1) is 22.2 Å². The highest BCUT2D eigenvalue weighted by Crippen LogP contribution is 2.29. The molecular formula is C13H13Cl3O2. The van der Waals surface area contributed by atoms with E-state index in [0.717, 1.165) is 12.8 Å². The lowest BCUT2D eigenvalue weighted by Gasteiger charge is -2.07. The van der Waals surface area contributed by atoms with Gasteiger partial charge in [0.25, 0.3) is 0 Å². The van der Waals surface area contributed by atoms with E-state index in [9.17, 15) is 4.79 Å². The molecule has 1 aromatic rings. The Morgan fingerprint density at radius 2 is 1.89 bits per heavy atom. The Morgan fingerprint density at radius 1 is 1.28 bits per heavy atom. The maximum absolute atomic E-state index is 11.8. The quantitative estimate of drug-likeness (QED) is 0.426. The number of hydrogen-bond donors (Lipinski definition) is 0. The monoisotopic (exact) mass is 306 g/mol. The van der Waals surface area contributed by atoms with Crippen molar-refractivity contribution < 1.29 is 9.53 Å². The molecule has 0 bridgehead atoms. The minimum atomic E-state index is -0.526. The Bertz CT molecular complexity index is 433. The van der Waals surface area contributed by atoms with Crippen LogP contribution in [0.2, 0.25) is 15.1 Å². The van der Waals surface area contributed by atoms with E-state index in [4.69, 9.17) is 39.5 Å². The maximum atomic E-state index is 11.8. The van der Waals surface area contributed by atoms with E-state index in [1.165, 1.54) is 12.1 Å². The molecule has 1 rings (SSSR count). The van der Waals surface area contributed by atoms with Crippen LogP contribution >= 0.6 is 34.8 Å². The van der Waals surface area contributed by atoms with Crippen LogP contribution in [0.1, 0.15) is 30.1 Å². The molecule has 0 fully saturated rings. The van der Waals surface area contributed by atoms with Crippen molar-refractivity contribution in [3.63, 3.8) is 0 Å². The first kappa shape index (κ1) is 15.4. The predicted molar refractivity (Wildman–Crippen MR) is 75.8 cm³/mol. The van der Waals surface area contributed by atoms with Crippen LogP contribution in [-0.2, 0) is 4.74 Å². The van der Waals surface area contributed by atoms with Crippen molar-refractivity contribution >= 4 is 40.8 Å². The van der Waals surface area contributed by atoms with Crippen LogP contribution < -0.4 is 0 Å². The molecule has 0 saturated heterocycles. The fourth-order valence-corrected chi connectivity index (χ4v) is 2.31. The summed E-state index contributed by atoms with van der Waals surface area (Å²) in [6.45, 7) is 2.28. The zero-order valence-electron chi connectivity index (χ0n) is 9.88. The van der Waals surface area contributed by atoms with Gasteiger partial charge in [-0.15, -0.1) is 0 Å². The minimum absolute atomic E-state index is 0.161. The summed E-state index contributed by atoms with van der Waals surface area (Å²) in [6.07, 6.45) is 5.59. The van der Waals surface area contributed by atoms with Crippen molar-refractivity contribution in [3.8, 4) is 0 Å².